The van der Waals surface area contributed by atoms with Gasteiger partial charge in [-0.3, -0.25) is 0 Å². The van der Waals surface area contributed by atoms with Gasteiger partial charge in [0.05, 0.1) is 12.2 Å². The summed E-state index contributed by atoms with van der Waals surface area (Å²) in [7, 11) is 0. The van der Waals surface area contributed by atoms with Crippen LogP contribution in [-0.4, -0.2) is 23.4 Å². The molecule has 3 nitrogen and oxygen atoms in total. The fourth-order valence-electron chi connectivity index (χ4n) is 2.70. The van der Waals surface area contributed by atoms with Gasteiger partial charge in [-0.1, -0.05) is 0 Å². The van der Waals surface area contributed by atoms with Crippen LogP contribution in [0.4, 0.5) is 5.69 Å². The largest absolute Gasteiger partial charge is 0.508 e. The van der Waals surface area contributed by atoms with Crippen molar-refractivity contribution in [1.29, 1.82) is 0 Å². The van der Waals surface area contributed by atoms with Crippen molar-refractivity contribution in [2.75, 3.05) is 5.32 Å². The predicted octanol–water partition coefficient (Wildman–Crippen LogP) is 3.38. The zero-order valence-electron chi connectivity index (χ0n) is 11.7. The molecule has 2 atom stereocenters. The van der Waals surface area contributed by atoms with E-state index in [4.69, 9.17) is 4.74 Å². The third kappa shape index (κ3) is 2.96. The molecule has 0 aliphatic carbocycles. The first kappa shape index (κ1) is 13.2. The van der Waals surface area contributed by atoms with E-state index in [-0.39, 0.29) is 0 Å². The minimum atomic E-state index is 0.310. The number of aryl methyl sites for hydroxylation is 2. The van der Waals surface area contributed by atoms with Gasteiger partial charge >= 0.3 is 0 Å². The van der Waals surface area contributed by atoms with Crippen molar-refractivity contribution < 1.29 is 9.84 Å². The molecule has 1 aromatic rings. The summed E-state index contributed by atoms with van der Waals surface area (Å²) in [5.41, 5.74) is 3.12. The van der Waals surface area contributed by atoms with Crippen LogP contribution >= 0.6 is 0 Å². The van der Waals surface area contributed by atoms with E-state index in [1.807, 2.05) is 26.0 Å². The fourth-order valence-corrected chi connectivity index (χ4v) is 2.70. The van der Waals surface area contributed by atoms with Crippen LogP contribution in [0.2, 0.25) is 0 Å². The Morgan fingerprint density at radius 3 is 2.33 bits per heavy atom. The van der Waals surface area contributed by atoms with Crippen molar-refractivity contribution in [3.63, 3.8) is 0 Å². The van der Waals surface area contributed by atoms with Crippen LogP contribution in [0.15, 0.2) is 12.1 Å². The van der Waals surface area contributed by atoms with Crippen molar-refractivity contribution >= 4 is 5.69 Å². The Morgan fingerprint density at radius 1 is 1.11 bits per heavy atom. The Bertz CT molecular complexity index is 421. The van der Waals surface area contributed by atoms with E-state index >= 15 is 0 Å². The molecule has 1 aliphatic heterocycles. The molecule has 100 valence electrons. The Labute approximate surface area is 109 Å². The molecule has 1 aliphatic rings. The quantitative estimate of drug-likeness (QED) is 0.790. The summed E-state index contributed by atoms with van der Waals surface area (Å²) < 4.78 is 5.75. The standard InChI is InChI=1S/C15H23NO2/c1-9-6-15(17)10(2)5-14(9)16-13-7-11(3)18-12(4)8-13/h5-6,11-13,16-17H,7-8H2,1-4H3. The highest BCUT2D eigenvalue weighted by Crippen LogP contribution is 2.28. The summed E-state index contributed by atoms with van der Waals surface area (Å²) in [4.78, 5) is 0. The van der Waals surface area contributed by atoms with Gasteiger partial charge in [0.25, 0.3) is 0 Å². The second-order valence-electron chi connectivity index (χ2n) is 5.52. The lowest BCUT2D eigenvalue weighted by molar-refractivity contribution is -0.0337. The molecular formula is C15H23NO2. The Hall–Kier alpha value is -1.22. The maximum atomic E-state index is 9.67. The highest BCUT2D eigenvalue weighted by atomic mass is 16.5. The van der Waals surface area contributed by atoms with Crippen LogP contribution in [0.5, 0.6) is 5.75 Å². The van der Waals surface area contributed by atoms with Gasteiger partial charge in [-0.05, 0) is 63.8 Å². The van der Waals surface area contributed by atoms with E-state index in [2.05, 4.69) is 19.2 Å². The zero-order valence-corrected chi connectivity index (χ0v) is 11.7. The van der Waals surface area contributed by atoms with Crippen LogP contribution in [0.1, 0.15) is 37.8 Å². The predicted molar refractivity (Wildman–Crippen MR) is 74.2 cm³/mol. The van der Waals surface area contributed by atoms with Gasteiger partial charge in [0.15, 0.2) is 0 Å². The zero-order chi connectivity index (χ0) is 13.3. The molecule has 18 heavy (non-hydrogen) atoms. The lowest BCUT2D eigenvalue weighted by atomic mass is 9.98. The van der Waals surface area contributed by atoms with Crippen LogP contribution < -0.4 is 5.32 Å². The SMILES string of the molecule is Cc1cc(NC2CC(C)OC(C)C2)c(C)cc1O. The molecule has 2 unspecified atom stereocenters. The number of anilines is 1. The third-order valence-electron chi connectivity index (χ3n) is 3.60. The Kier molecular flexibility index (Phi) is 3.81. The first-order chi connectivity index (χ1) is 8.45. The van der Waals surface area contributed by atoms with Crippen molar-refractivity contribution in [3.8, 4) is 5.75 Å². The van der Waals surface area contributed by atoms with E-state index in [9.17, 15) is 5.11 Å². The first-order valence-corrected chi connectivity index (χ1v) is 6.68. The van der Waals surface area contributed by atoms with E-state index < -0.39 is 0 Å². The summed E-state index contributed by atoms with van der Waals surface area (Å²) in [6.45, 7) is 8.20. The van der Waals surface area contributed by atoms with Gasteiger partial charge in [0.1, 0.15) is 5.75 Å². The molecule has 0 amide bonds. The molecule has 1 fully saturated rings. The van der Waals surface area contributed by atoms with Crippen molar-refractivity contribution in [3.05, 3.63) is 23.3 Å². The van der Waals surface area contributed by atoms with Gasteiger partial charge < -0.3 is 15.2 Å². The minimum absolute atomic E-state index is 0.310. The van der Waals surface area contributed by atoms with Gasteiger partial charge in [-0.2, -0.15) is 0 Å². The molecule has 0 saturated carbocycles. The highest BCUT2D eigenvalue weighted by molar-refractivity contribution is 5.57. The van der Waals surface area contributed by atoms with Gasteiger partial charge in [-0.15, -0.1) is 0 Å². The number of hydrogen-bond acceptors (Lipinski definition) is 3. The van der Waals surface area contributed by atoms with E-state index in [1.165, 1.54) is 0 Å². The van der Waals surface area contributed by atoms with Crippen molar-refractivity contribution in [2.45, 2.75) is 58.8 Å². The smallest absolute Gasteiger partial charge is 0.118 e. The minimum Gasteiger partial charge on any atom is -0.508 e. The Balaban J connectivity index is 2.11. The third-order valence-corrected chi connectivity index (χ3v) is 3.60. The second kappa shape index (κ2) is 5.19. The van der Waals surface area contributed by atoms with Crippen LogP contribution in [0, 0.1) is 13.8 Å². The summed E-state index contributed by atoms with van der Waals surface area (Å²) in [6, 6.07) is 4.30. The van der Waals surface area contributed by atoms with Crippen molar-refractivity contribution in [1.82, 2.24) is 0 Å². The number of hydrogen-bond donors (Lipinski definition) is 2. The molecule has 0 spiro atoms. The molecule has 1 aromatic carbocycles. The number of aromatic hydroxyl groups is 1. The summed E-state index contributed by atoms with van der Waals surface area (Å²) in [6.07, 6.45) is 2.68. The summed E-state index contributed by atoms with van der Waals surface area (Å²) in [5.74, 6) is 0.367. The number of benzene rings is 1. The maximum Gasteiger partial charge on any atom is 0.118 e. The summed E-state index contributed by atoms with van der Waals surface area (Å²) >= 11 is 0. The summed E-state index contributed by atoms with van der Waals surface area (Å²) in [5, 5.41) is 13.3. The van der Waals surface area contributed by atoms with E-state index in [0.29, 0.717) is 24.0 Å². The molecule has 1 heterocycles. The number of rotatable bonds is 2. The van der Waals surface area contributed by atoms with E-state index in [1.54, 1.807) is 0 Å². The molecule has 0 aromatic heterocycles. The van der Waals surface area contributed by atoms with Gasteiger partial charge in [0, 0.05) is 11.7 Å². The molecule has 1 saturated heterocycles. The van der Waals surface area contributed by atoms with Crippen LogP contribution in [0.3, 0.4) is 0 Å². The second-order valence-corrected chi connectivity index (χ2v) is 5.52. The number of nitrogens with one attached hydrogen (secondary N) is 1. The van der Waals surface area contributed by atoms with Crippen molar-refractivity contribution in [2.24, 2.45) is 0 Å². The van der Waals surface area contributed by atoms with Gasteiger partial charge in [-0.25, -0.2) is 0 Å². The lowest BCUT2D eigenvalue weighted by Gasteiger charge is -2.33. The lowest BCUT2D eigenvalue weighted by Crippen LogP contribution is -2.37. The molecule has 2 rings (SSSR count). The monoisotopic (exact) mass is 249 g/mol. The number of phenolic OH excluding ortho intramolecular Hbond substituents is 1. The average Bonchev–Trinajstić information content (AvgIpc) is 2.24. The Morgan fingerprint density at radius 2 is 1.72 bits per heavy atom. The number of ether oxygens (including phenoxy) is 1. The van der Waals surface area contributed by atoms with Crippen LogP contribution in [0.25, 0.3) is 0 Å². The highest BCUT2D eigenvalue weighted by Gasteiger charge is 2.24. The normalized spacial score (nSPS) is 28.1. The average molecular weight is 249 g/mol. The number of phenols is 1. The molecule has 3 heteroatoms. The molecule has 2 N–H and O–H groups in total. The van der Waals surface area contributed by atoms with E-state index in [0.717, 1.165) is 29.7 Å². The topological polar surface area (TPSA) is 41.5 Å². The first-order valence-electron chi connectivity index (χ1n) is 6.68. The molecule has 0 radical (unpaired) electrons. The molecule has 0 bridgehead atoms. The maximum absolute atomic E-state index is 9.67. The van der Waals surface area contributed by atoms with Gasteiger partial charge in [0.2, 0.25) is 0 Å². The van der Waals surface area contributed by atoms with Crippen LogP contribution in [-0.2, 0) is 4.74 Å². The fraction of sp³-hybridized carbons (Fsp3) is 0.600. The molecular weight excluding hydrogens is 226 g/mol.